The molecule has 1 saturated heterocycles. The van der Waals surface area contributed by atoms with Crippen molar-refractivity contribution in [1.82, 2.24) is 19.3 Å². The molecule has 2 aromatic heterocycles. The third-order valence-corrected chi connectivity index (χ3v) is 5.09. The average Bonchev–Trinajstić information content (AvgIpc) is 2.97. The fourth-order valence-electron chi connectivity index (χ4n) is 2.95. The Hall–Kier alpha value is -1.83. The van der Waals surface area contributed by atoms with Gasteiger partial charge >= 0.3 is 6.09 Å². The number of ether oxygens (including phenoxy) is 1. The Morgan fingerprint density at radius 1 is 1.48 bits per heavy atom. The first-order valence-electron chi connectivity index (χ1n) is 7.69. The number of carbonyl (C=O) groups excluding carboxylic acids is 1. The van der Waals surface area contributed by atoms with Gasteiger partial charge in [-0.15, -0.1) is 0 Å². The number of hydrogen-bond donors (Lipinski definition) is 1. The number of nitrogens with zero attached hydrogens (tertiary/aromatic N) is 4. The second-order valence-corrected chi connectivity index (χ2v) is 6.63. The maximum atomic E-state index is 12.0. The first kappa shape index (κ1) is 16.0. The van der Waals surface area contributed by atoms with Crippen molar-refractivity contribution >= 4 is 33.4 Å². The quantitative estimate of drug-likeness (QED) is 0.879. The average molecular weight is 382 g/mol. The number of nitrogen functional groups attached to an aromatic ring is 1. The highest BCUT2D eigenvalue weighted by Gasteiger charge is 2.37. The van der Waals surface area contributed by atoms with Crippen molar-refractivity contribution in [2.24, 2.45) is 0 Å². The van der Waals surface area contributed by atoms with E-state index in [4.69, 9.17) is 10.5 Å². The highest BCUT2D eigenvalue weighted by Crippen LogP contribution is 2.30. The summed E-state index contributed by atoms with van der Waals surface area (Å²) in [5.41, 5.74) is 6.71. The maximum absolute atomic E-state index is 12.0. The van der Waals surface area contributed by atoms with Gasteiger partial charge in [0, 0.05) is 24.9 Å². The van der Waals surface area contributed by atoms with E-state index in [1.54, 1.807) is 11.1 Å². The molecule has 7 nitrogen and oxygen atoms in total. The molecule has 0 radical (unpaired) electrons. The van der Waals surface area contributed by atoms with Gasteiger partial charge in [-0.1, -0.05) is 6.92 Å². The molecule has 124 valence electrons. The van der Waals surface area contributed by atoms with E-state index in [0.717, 1.165) is 17.8 Å². The van der Waals surface area contributed by atoms with Gasteiger partial charge in [-0.3, -0.25) is 4.40 Å². The van der Waals surface area contributed by atoms with Gasteiger partial charge in [-0.25, -0.2) is 14.8 Å². The number of anilines is 1. The Bertz CT molecular complexity index is 747. The van der Waals surface area contributed by atoms with Gasteiger partial charge in [0.2, 0.25) is 0 Å². The number of fused-ring (bicyclic) bond motifs is 1. The van der Waals surface area contributed by atoms with Crippen LogP contribution in [0.1, 0.15) is 38.9 Å². The molecule has 3 unspecified atom stereocenters. The number of hydrogen-bond acceptors (Lipinski definition) is 5. The lowest BCUT2D eigenvalue weighted by molar-refractivity contribution is 0.136. The number of nitrogens with two attached hydrogens (primary N) is 1. The van der Waals surface area contributed by atoms with Crippen LogP contribution < -0.4 is 5.73 Å². The molecule has 3 heterocycles. The van der Waals surface area contributed by atoms with E-state index in [-0.39, 0.29) is 24.2 Å². The first-order valence-corrected chi connectivity index (χ1v) is 8.48. The molecule has 0 aromatic carbocycles. The Morgan fingerprint density at radius 2 is 2.22 bits per heavy atom. The van der Waals surface area contributed by atoms with Crippen molar-refractivity contribution in [2.45, 2.75) is 45.3 Å². The van der Waals surface area contributed by atoms with Gasteiger partial charge in [-0.2, -0.15) is 0 Å². The van der Waals surface area contributed by atoms with Crippen molar-refractivity contribution in [2.75, 3.05) is 12.3 Å². The molecular formula is C15H20BrN5O2. The van der Waals surface area contributed by atoms with Crippen LogP contribution in [0.2, 0.25) is 0 Å². The summed E-state index contributed by atoms with van der Waals surface area (Å²) in [4.78, 5) is 22.5. The molecule has 2 aromatic rings. The smallest absolute Gasteiger partial charge is 0.410 e. The van der Waals surface area contributed by atoms with Crippen LogP contribution in [0.25, 0.3) is 5.52 Å². The minimum atomic E-state index is -0.260. The third kappa shape index (κ3) is 2.65. The summed E-state index contributed by atoms with van der Waals surface area (Å²) >= 11 is 3.45. The molecule has 0 spiro atoms. The summed E-state index contributed by atoms with van der Waals surface area (Å²) in [7, 11) is 0. The predicted octanol–water partition coefficient (Wildman–Crippen LogP) is 2.80. The lowest BCUT2D eigenvalue weighted by Crippen LogP contribution is -2.36. The summed E-state index contributed by atoms with van der Waals surface area (Å²) in [5.74, 6) is 1.37. The molecule has 0 saturated carbocycles. The highest BCUT2D eigenvalue weighted by molar-refractivity contribution is 9.10. The van der Waals surface area contributed by atoms with Gasteiger partial charge in [0.15, 0.2) is 5.82 Å². The van der Waals surface area contributed by atoms with E-state index < -0.39 is 0 Å². The minimum Gasteiger partial charge on any atom is -0.444 e. The zero-order valence-electron chi connectivity index (χ0n) is 13.4. The number of aromatic nitrogens is 3. The fourth-order valence-corrected chi connectivity index (χ4v) is 3.52. The minimum absolute atomic E-state index is 0.0537. The van der Waals surface area contributed by atoms with Crippen LogP contribution in [0.4, 0.5) is 10.6 Å². The van der Waals surface area contributed by atoms with Crippen molar-refractivity contribution < 1.29 is 9.53 Å². The molecule has 23 heavy (non-hydrogen) atoms. The molecule has 8 heteroatoms. The lowest BCUT2D eigenvalue weighted by Gasteiger charge is -2.24. The van der Waals surface area contributed by atoms with E-state index in [1.165, 1.54) is 0 Å². The van der Waals surface area contributed by atoms with Gasteiger partial charge in [0.25, 0.3) is 0 Å². The Balaban J connectivity index is 1.96. The van der Waals surface area contributed by atoms with Gasteiger partial charge < -0.3 is 15.4 Å². The molecular weight excluding hydrogens is 362 g/mol. The highest BCUT2D eigenvalue weighted by atomic mass is 79.9. The van der Waals surface area contributed by atoms with Crippen molar-refractivity contribution in [3.63, 3.8) is 0 Å². The van der Waals surface area contributed by atoms with E-state index in [1.807, 2.05) is 24.4 Å². The van der Waals surface area contributed by atoms with Crippen molar-refractivity contribution in [1.29, 1.82) is 0 Å². The monoisotopic (exact) mass is 381 g/mol. The Kier molecular flexibility index (Phi) is 4.18. The topological polar surface area (TPSA) is 85.8 Å². The van der Waals surface area contributed by atoms with E-state index in [0.29, 0.717) is 17.0 Å². The van der Waals surface area contributed by atoms with Crippen LogP contribution in [0.15, 0.2) is 17.0 Å². The maximum Gasteiger partial charge on any atom is 0.410 e. The molecule has 2 N–H and O–H groups in total. The standard InChI is InChI=1S/C15H20BrN5O2/c1-4-10(7-21-8(2)9(3)23-15(21)22)14-19-12(16)11-13(17)18-5-6-20(11)14/h5-6,8-10H,4,7H2,1-3H3,(H2,17,18). The van der Waals surface area contributed by atoms with Crippen LogP contribution in [-0.2, 0) is 4.74 Å². The van der Waals surface area contributed by atoms with Crippen LogP contribution in [0.5, 0.6) is 0 Å². The third-order valence-electron chi connectivity index (χ3n) is 4.54. The first-order chi connectivity index (χ1) is 10.9. The fraction of sp³-hybridized carbons (Fsp3) is 0.533. The number of amides is 1. The number of carbonyl (C=O) groups is 1. The zero-order chi connectivity index (χ0) is 16.7. The summed E-state index contributed by atoms with van der Waals surface area (Å²) in [6.07, 6.45) is 3.99. The molecule has 1 aliphatic rings. The molecule has 1 aliphatic heterocycles. The van der Waals surface area contributed by atoms with Crippen molar-refractivity contribution in [3.05, 3.63) is 22.8 Å². The van der Waals surface area contributed by atoms with Crippen LogP contribution in [0, 0.1) is 0 Å². The van der Waals surface area contributed by atoms with Gasteiger partial charge in [0.1, 0.15) is 22.0 Å². The lowest BCUT2D eigenvalue weighted by atomic mass is 10.0. The second-order valence-electron chi connectivity index (χ2n) is 5.88. The SMILES string of the molecule is CCC(CN1C(=O)OC(C)C1C)c1nc(Br)c2c(N)nccn12. The molecule has 0 aliphatic carbocycles. The van der Waals surface area contributed by atoms with Crippen LogP contribution >= 0.6 is 15.9 Å². The number of cyclic esters (lactones) is 1. The van der Waals surface area contributed by atoms with E-state index >= 15 is 0 Å². The molecule has 3 rings (SSSR count). The normalized spacial score (nSPS) is 22.6. The number of halogens is 1. The molecule has 3 atom stereocenters. The van der Waals surface area contributed by atoms with Crippen LogP contribution in [0.3, 0.4) is 0 Å². The second kappa shape index (κ2) is 5.99. The Labute approximate surface area is 143 Å². The van der Waals surface area contributed by atoms with E-state index in [2.05, 4.69) is 32.8 Å². The van der Waals surface area contributed by atoms with E-state index in [9.17, 15) is 4.79 Å². The molecule has 1 amide bonds. The predicted molar refractivity (Wildman–Crippen MR) is 90.2 cm³/mol. The summed E-state index contributed by atoms with van der Waals surface area (Å²) in [6, 6.07) is 0.0537. The summed E-state index contributed by atoms with van der Waals surface area (Å²) < 4.78 is 7.91. The van der Waals surface area contributed by atoms with Gasteiger partial charge in [0.05, 0.1) is 6.04 Å². The molecule has 1 fully saturated rings. The molecule has 0 bridgehead atoms. The van der Waals surface area contributed by atoms with Crippen molar-refractivity contribution in [3.8, 4) is 0 Å². The number of imidazole rings is 1. The zero-order valence-corrected chi connectivity index (χ0v) is 14.9. The number of rotatable bonds is 4. The summed E-state index contributed by atoms with van der Waals surface area (Å²) in [6.45, 7) is 6.56. The summed E-state index contributed by atoms with van der Waals surface area (Å²) in [5, 5.41) is 0. The largest absolute Gasteiger partial charge is 0.444 e. The Morgan fingerprint density at radius 3 is 2.83 bits per heavy atom. The van der Waals surface area contributed by atoms with Crippen LogP contribution in [-0.4, -0.2) is 44.1 Å². The van der Waals surface area contributed by atoms with Gasteiger partial charge in [-0.05, 0) is 36.2 Å².